The van der Waals surface area contributed by atoms with Crippen molar-refractivity contribution in [3.8, 4) is 0 Å². The van der Waals surface area contributed by atoms with Crippen molar-refractivity contribution in [2.75, 3.05) is 6.54 Å². The summed E-state index contributed by atoms with van der Waals surface area (Å²) in [4.78, 5) is 38.5. The molecule has 1 aliphatic rings. The number of imide groups is 1. The molecule has 0 aliphatic carbocycles. The SMILES string of the molecule is Cc1ccc(C2(C)NC(=O)N(CC(=O)NC(C)c3cccc(C(F)(F)F)c3)C2=O)cc1. The van der Waals surface area contributed by atoms with E-state index in [0.717, 1.165) is 22.6 Å². The van der Waals surface area contributed by atoms with Gasteiger partial charge in [-0.25, -0.2) is 4.79 Å². The number of alkyl halides is 3. The normalized spacial score (nSPS) is 19.9. The van der Waals surface area contributed by atoms with Crippen molar-refractivity contribution in [3.63, 3.8) is 0 Å². The fourth-order valence-corrected chi connectivity index (χ4v) is 3.42. The summed E-state index contributed by atoms with van der Waals surface area (Å²) in [5.41, 5.74) is -0.308. The Balaban J connectivity index is 1.70. The lowest BCUT2D eigenvalue weighted by molar-refractivity contribution is -0.137. The molecule has 4 amide bonds. The molecule has 0 bridgehead atoms. The third-order valence-corrected chi connectivity index (χ3v) is 5.30. The molecule has 1 heterocycles. The lowest BCUT2D eigenvalue weighted by atomic mass is 9.91. The molecule has 2 atom stereocenters. The Morgan fingerprint density at radius 2 is 1.81 bits per heavy atom. The maximum atomic E-state index is 12.9. The summed E-state index contributed by atoms with van der Waals surface area (Å²) >= 11 is 0. The smallest absolute Gasteiger partial charge is 0.348 e. The van der Waals surface area contributed by atoms with Gasteiger partial charge in [0.2, 0.25) is 5.91 Å². The lowest BCUT2D eigenvalue weighted by Crippen LogP contribution is -2.43. The number of nitrogens with one attached hydrogen (secondary N) is 2. The summed E-state index contributed by atoms with van der Waals surface area (Å²) < 4.78 is 38.7. The molecule has 1 aliphatic heterocycles. The summed E-state index contributed by atoms with van der Waals surface area (Å²) in [5.74, 6) is -1.25. The number of nitrogens with zero attached hydrogens (tertiary/aromatic N) is 1. The number of carbonyl (C=O) groups excluding carboxylic acids is 3. The molecule has 1 saturated heterocycles. The van der Waals surface area contributed by atoms with Crippen LogP contribution in [-0.2, 0) is 21.3 Å². The van der Waals surface area contributed by atoms with Gasteiger partial charge < -0.3 is 10.6 Å². The quantitative estimate of drug-likeness (QED) is 0.707. The maximum absolute atomic E-state index is 12.9. The van der Waals surface area contributed by atoms with Crippen molar-refractivity contribution in [1.82, 2.24) is 15.5 Å². The van der Waals surface area contributed by atoms with Crippen LogP contribution in [-0.4, -0.2) is 29.3 Å². The topological polar surface area (TPSA) is 78.5 Å². The number of halogens is 3. The minimum atomic E-state index is -4.50. The van der Waals surface area contributed by atoms with E-state index in [2.05, 4.69) is 10.6 Å². The Morgan fingerprint density at radius 3 is 2.42 bits per heavy atom. The minimum Gasteiger partial charge on any atom is -0.348 e. The Bertz CT molecular complexity index is 1020. The minimum absolute atomic E-state index is 0.255. The van der Waals surface area contributed by atoms with E-state index in [0.29, 0.717) is 5.56 Å². The van der Waals surface area contributed by atoms with Crippen LogP contribution in [0.3, 0.4) is 0 Å². The number of hydrogen-bond acceptors (Lipinski definition) is 3. The highest BCUT2D eigenvalue weighted by molar-refractivity contribution is 6.09. The highest BCUT2D eigenvalue weighted by Crippen LogP contribution is 2.31. The first-order valence-electron chi connectivity index (χ1n) is 9.59. The number of amides is 4. The molecule has 0 spiro atoms. The van der Waals surface area contributed by atoms with E-state index < -0.39 is 47.7 Å². The number of rotatable bonds is 5. The van der Waals surface area contributed by atoms with Gasteiger partial charge in [0.1, 0.15) is 12.1 Å². The molecule has 3 rings (SSSR count). The summed E-state index contributed by atoms with van der Waals surface area (Å²) in [6.45, 7) is 4.43. The van der Waals surface area contributed by atoms with Crippen LogP contribution in [0.1, 0.15) is 42.1 Å². The van der Waals surface area contributed by atoms with Crippen molar-refractivity contribution >= 4 is 17.8 Å². The molecule has 2 aromatic rings. The van der Waals surface area contributed by atoms with Gasteiger partial charge in [0.15, 0.2) is 0 Å². The number of aryl methyl sites for hydroxylation is 1. The summed E-state index contributed by atoms with van der Waals surface area (Å²) in [6.07, 6.45) is -4.50. The van der Waals surface area contributed by atoms with Gasteiger partial charge in [-0.1, -0.05) is 42.0 Å². The summed E-state index contributed by atoms with van der Waals surface area (Å²) in [6, 6.07) is 10.2. The van der Waals surface area contributed by atoms with Crippen LogP contribution in [0.2, 0.25) is 0 Å². The molecule has 31 heavy (non-hydrogen) atoms. The van der Waals surface area contributed by atoms with Crippen LogP contribution in [0.25, 0.3) is 0 Å². The third-order valence-electron chi connectivity index (χ3n) is 5.30. The van der Waals surface area contributed by atoms with Crippen LogP contribution in [0.5, 0.6) is 0 Å². The molecule has 2 aromatic carbocycles. The molecule has 9 heteroatoms. The third kappa shape index (κ3) is 4.55. The van der Waals surface area contributed by atoms with Gasteiger partial charge in [-0.3, -0.25) is 14.5 Å². The number of urea groups is 1. The van der Waals surface area contributed by atoms with Crippen LogP contribution in [0, 0.1) is 6.92 Å². The van der Waals surface area contributed by atoms with Crippen molar-refractivity contribution in [2.24, 2.45) is 0 Å². The first-order chi connectivity index (χ1) is 14.4. The fourth-order valence-electron chi connectivity index (χ4n) is 3.42. The van der Waals surface area contributed by atoms with Gasteiger partial charge in [0.05, 0.1) is 11.6 Å². The van der Waals surface area contributed by atoms with Gasteiger partial charge in [-0.2, -0.15) is 13.2 Å². The highest BCUT2D eigenvalue weighted by Gasteiger charge is 2.49. The summed E-state index contributed by atoms with van der Waals surface area (Å²) in [7, 11) is 0. The zero-order valence-electron chi connectivity index (χ0n) is 17.2. The van der Waals surface area contributed by atoms with E-state index >= 15 is 0 Å². The first kappa shape index (κ1) is 22.3. The van der Waals surface area contributed by atoms with Crippen molar-refractivity contribution < 1.29 is 27.6 Å². The maximum Gasteiger partial charge on any atom is 0.416 e. The van der Waals surface area contributed by atoms with Crippen molar-refractivity contribution in [3.05, 3.63) is 70.8 Å². The van der Waals surface area contributed by atoms with Crippen LogP contribution >= 0.6 is 0 Å². The van der Waals surface area contributed by atoms with Crippen LogP contribution < -0.4 is 10.6 Å². The van der Waals surface area contributed by atoms with E-state index in [4.69, 9.17) is 0 Å². The molecule has 0 aromatic heterocycles. The van der Waals surface area contributed by atoms with Gasteiger partial charge in [-0.05, 0) is 44.0 Å². The predicted octanol–water partition coefficient (Wildman–Crippen LogP) is 3.66. The second-order valence-corrected chi connectivity index (χ2v) is 7.72. The van der Waals surface area contributed by atoms with E-state index in [1.165, 1.54) is 19.1 Å². The molecular weight excluding hydrogens is 411 g/mol. The standard InChI is InChI=1S/C22H22F3N3O3/c1-13-7-9-16(10-8-13)21(3)19(30)28(20(31)27-21)12-18(29)26-14(2)15-5-4-6-17(11-15)22(23,24)25/h4-11,14H,12H2,1-3H3,(H,26,29)(H,27,31). The molecule has 164 valence electrons. The van der Waals surface area contributed by atoms with Gasteiger partial charge in [0.25, 0.3) is 5.91 Å². The first-order valence-corrected chi connectivity index (χ1v) is 9.59. The van der Waals surface area contributed by atoms with Gasteiger partial charge in [0, 0.05) is 0 Å². The molecule has 2 N–H and O–H groups in total. The van der Waals surface area contributed by atoms with E-state index in [9.17, 15) is 27.6 Å². The zero-order chi connectivity index (χ0) is 23.0. The highest BCUT2D eigenvalue weighted by atomic mass is 19.4. The molecule has 2 unspecified atom stereocenters. The largest absolute Gasteiger partial charge is 0.416 e. The van der Waals surface area contributed by atoms with E-state index in [1.54, 1.807) is 19.1 Å². The molecule has 0 saturated carbocycles. The molecule has 0 radical (unpaired) electrons. The number of benzene rings is 2. The number of hydrogen-bond donors (Lipinski definition) is 2. The second kappa shape index (κ2) is 8.05. The zero-order valence-corrected chi connectivity index (χ0v) is 17.2. The average Bonchev–Trinajstić information content (AvgIpc) is 2.91. The van der Waals surface area contributed by atoms with E-state index in [-0.39, 0.29) is 5.56 Å². The van der Waals surface area contributed by atoms with E-state index in [1.807, 2.05) is 19.1 Å². The Kier molecular flexibility index (Phi) is 5.80. The monoisotopic (exact) mass is 433 g/mol. The van der Waals surface area contributed by atoms with Crippen LogP contribution in [0.4, 0.5) is 18.0 Å². The Labute approximate surface area is 177 Å². The van der Waals surface area contributed by atoms with Gasteiger partial charge >= 0.3 is 12.2 Å². The second-order valence-electron chi connectivity index (χ2n) is 7.72. The lowest BCUT2D eigenvalue weighted by Gasteiger charge is -2.22. The predicted molar refractivity (Wildman–Crippen MR) is 107 cm³/mol. The van der Waals surface area contributed by atoms with Gasteiger partial charge in [-0.15, -0.1) is 0 Å². The number of carbonyl (C=O) groups is 3. The van der Waals surface area contributed by atoms with Crippen molar-refractivity contribution in [1.29, 1.82) is 0 Å². The van der Waals surface area contributed by atoms with Crippen LogP contribution in [0.15, 0.2) is 48.5 Å². The average molecular weight is 433 g/mol. The summed E-state index contributed by atoms with van der Waals surface area (Å²) in [5, 5.41) is 5.15. The molecule has 6 nitrogen and oxygen atoms in total. The molecule has 1 fully saturated rings. The van der Waals surface area contributed by atoms with Crippen molar-refractivity contribution in [2.45, 2.75) is 38.5 Å². The fraction of sp³-hybridized carbons (Fsp3) is 0.318. The Morgan fingerprint density at radius 1 is 1.16 bits per heavy atom. The Hall–Kier alpha value is -3.36. The molecular formula is C22H22F3N3O3.